The van der Waals surface area contributed by atoms with Crippen LogP contribution >= 0.6 is 0 Å². The first-order valence-electron chi connectivity index (χ1n) is 34.0. The molecule has 83 heavy (non-hydrogen) atoms. The molecule has 8 unspecified atom stereocenters. The molecule has 0 bridgehead atoms. The maximum absolute atomic E-state index is 13.5. The second kappa shape index (κ2) is 58.9. The number of nitrogens with one attached hydrogen (secondary N) is 1. The molecule has 1 fully saturated rings. The van der Waals surface area contributed by atoms with Crippen molar-refractivity contribution in [1.29, 1.82) is 0 Å². The first kappa shape index (κ1) is 77.6. The number of carbonyl (C=O) groups is 2. The van der Waals surface area contributed by atoms with Crippen LogP contribution in [0.5, 0.6) is 0 Å². The summed E-state index contributed by atoms with van der Waals surface area (Å²) in [5.41, 5.74) is 0. The molecule has 0 spiro atoms. The summed E-state index contributed by atoms with van der Waals surface area (Å²) >= 11 is 0. The molecule has 11 nitrogen and oxygen atoms in total. The van der Waals surface area contributed by atoms with Crippen molar-refractivity contribution in [2.75, 3.05) is 13.2 Å². The highest BCUT2D eigenvalue weighted by Gasteiger charge is 2.47. The van der Waals surface area contributed by atoms with Crippen molar-refractivity contribution in [3.8, 4) is 0 Å². The fraction of sp³-hybridized carbons (Fsp3) is 0.750. The van der Waals surface area contributed by atoms with Crippen LogP contribution in [0.2, 0.25) is 0 Å². The molecule has 11 heteroatoms. The Kier molecular flexibility index (Phi) is 55.1. The lowest BCUT2D eigenvalue weighted by Gasteiger charge is -2.41. The van der Waals surface area contributed by atoms with Gasteiger partial charge in [-0.05, 0) is 103 Å². The smallest absolute Gasteiger partial charge is 0.306 e. The Labute approximate surface area is 507 Å². The minimum absolute atomic E-state index is 0.0442. The highest BCUT2D eigenvalue weighted by atomic mass is 16.7. The van der Waals surface area contributed by atoms with E-state index in [1.54, 1.807) is 6.08 Å². The number of esters is 1. The summed E-state index contributed by atoms with van der Waals surface area (Å²) in [5.74, 6) is -1.26. The first-order valence-corrected chi connectivity index (χ1v) is 34.0. The van der Waals surface area contributed by atoms with Crippen molar-refractivity contribution >= 4 is 11.9 Å². The van der Waals surface area contributed by atoms with E-state index in [1.807, 2.05) is 12.2 Å². The molecule has 0 aliphatic carbocycles. The van der Waals surface area contributed by atoms with Crippen LogP contribution < -0.4 is 5.32 Å². The maximum atomic E-state index is 13.5. The van der Waals surface area contributed by atoms with Gasteiger partial charge in [-0.3, -0.25) is 9.59 Å². The number of unbranched alkanes of at least 4 members (excludes halogenated alkanes) is 29. The van der Waals surface area contributed by atoms with Gasteiger partial charge in [-0.25, -0.2) is 0 Å². The van der Waals surface area contributed by atoms with E-state index < -0.39 is 67.4 Å². The molecule has 0 aromatic rings. The Hall–Kier alpha value is -3.42. The maximum Gasteiger partial charge on any atom is 0.306 e. The molecule has 1 heterocycles. The number of hydrogen-bond acceptors (Lipinski definition) is 10. The number of aliphatic hydroxyl groups is 5. The van der Waals surface area contributed by atoms with E-state index in [1.165, 1.54) is 148 Å². The van der Waals surface area contributed by atoms with Crippen LogP contribution in [0, 0.1) is 0 Å². The molecule has 1 amide bonds. The number of rotatable bonds is 57. The van der Waals surface area contributed by atoms with Crippen molar-refractivity contribution in [3.05, 3.63) is 97.2 Å². The standard InChI is InChI=1S/C72H125NO10/c1-4-7-10-13-16-19-22-25-27-29-30-31-32-33-34-35-37-38-41-44-47-50-53-56-59-65(76)71(80)73-63(64(75)58-55-52-49-46-43-40-24-21-18-15-12-9-6-3)62-81-72-70(69(79)68(78)66(61-74)82-72)83-67(77)60-57-54-51-48-45-42-39-36-28-26-23-20-17-14-11-8-5-2/h16-17,19-20,25-28,30-31,39,42,48,51,55,58,63-66,68-70,72,74-76,78-79H,4-15,18,21-24,29,32-38,40-41,43-47,49-50,52-54,56-57,59-62H2,1-3H3,(H,73,80)/b19-16-,20-17-,27-25-,28-26-,31-30-,42-39-,51-48-,58-55+. The number of carbonyl (C=O) groups excluding carboxylic acids is 2. The number of allylic oxidation sites excluding steroid dienone is 15. The Balaban J connectivity index is 2.65. The molecule has 1 aliphatic heterocycles. The van der Waals surface area contributed by atoms with Crippen LogP contribution in [0.4, 0.5) is 0 Å². The van der Waals surface area contributed by atoms with Gasteiger partial charge in [0, 0.05) is 6.42 Å². The van der Waals surface area contributed by atoms with Gasteiger partial charge >= 0.3 is 5.97 Å². The quantitative estimate of drug-likeness (QED) is 0.0195. The molecule has 478 valence electrons. The van der Waals surface area contributed by atoms with Crippen LogP contribution in [0.25, 0.3) is 0 Å². The van der Waals surface area contributed by atoms with E-state index in [4.69, 9.17) is 14.2 Å². The Morgan fingerprint density at radius 1 is 0.470 bits per heavy atom. The zero-order chi connectivity index (χ0) is 60.3. The third kappa shape index (κ3) is 46.5. The highest BCUT2D eigenvalue weighted by molar-refractivity contribution is 5.80. The van der Waals surface area contributed by atoms with Gasteiger partial charge in [0.05, 0.1) is 25.4 Å². The molecular formula is C72H125NO10. The van der Waals surface area contributed by atoms with Crippen molar-refractivity contribution in [2.45, 2.75) is 333 Å². The average molecular weight is 1160 g/mol. The summed E-state index contributed by atoms with van der Waals surface area (Å²) in [5, 5.41) is 57.1. The Bertz CT molecular complexity index is 1720. The molecule has 0 saturated carbocycles. The lowest BCUT2D eigenvalue weighted by molar-refractivity contribution is -0.305. The van der Waals surface area contributed by atoms with E-state index in [0.29, 0.717) is 19.3 Å². The molecule has 1 rings (SSSR count). The van der Waals surface area contributed by atoms with E-state index in [-0.39, 0.29) is 19.4 Å². The van der Waals surface area contributed by atoms with E-state index in [0.717, 1.165) is 83.5 Å². The minimum Gasteiger partial charge on any atom is -0.454 e. The predicted octanol–water partition coefficient (Wildman–Crippen LogP) is 17.1. The van der Waals surface area contributed by atoms with Gasteiger partial charge in [-0.2, -0.15) is 0 Å². The number of ether oxygens (including phenoxy) is 3. The number of amides is 1. The van der Waals surface area contributed by atoms with Gasteiger partial charge in [0.1, 0.15) is 24.4 Å². The van der Waals surface area contributed by atoms with E-state index >= 15 is 0 Å². The normalized spacial score (nSPS) is 19.2. The largest absolute Gasteiger partial charge is 0.454 e. The Morgan fingerprint density at radius 2 is 0.831 bits per heavy atom. The van der Waals surface area contributed by atoms with Gasteiger partial charge in [0.25, 0.3) is 0 Å². The van der Waals surface area contributed by atoms with Crippen LogP contribution in [-0.2, 0) is 23.8 Å². The molecule has 1 aliphatic rings. The fourth-order valence-corrected chi connectivity index (χ4v) is 10.1. The molecule has 6 N–H and O–H groups in total. The molecule has 8 atom stereocenters. The van der Waals surface area contributed by atoms with Crippen molar-refractivity contribution < 1.29 is 49.3 Å². The lowest BCUT2D eigenvalue weighted by Crippen LogP contribution is -2.61. The van der Waals surface area contributed by atoms with Crippen molar-refractivity contribution in [2.24, 2.45) is 0 Å². The molecule has 1 saturated heterocycles. The first-order chi connectivity index (χ1) is 40.7. The fourth-order valence-electron chi connectivity index (χ4n) is 10.1. The van der Waals surface area contributed by atoms with E-state index in [9.17, 15) is 35.1 Å². The third-order valence-electron chi connectivity index (χ3n) is 15.5. The highest BCUT2D eigenvalue weighted by Crippen LogP contribution is 2.26. The second-order valence-corrected chi connectivity index (χ2v) is 23.2. The minimum atomic E-state index is -1.64. The SMILES string of the molecule is CCCCC/C=C\C/C=C\C/C=C\C/C=C\CCCC(=O)OC1C(OCC(NC(=O)C(O)CCCCCCCCCCCCC/C=C\C/C=C\C/C=C\CCCCC)C(O)/C=C/CCCCCCCCCCCCC)OC(CO)C(O)C1O. The third-order valence-corrected chi connectivity index (χ3v) is 15.5. The Morgan fingerprint density at radius 3 is 1.27 bits per heavy atom. The second-order valence-electron chi connectivity index (χ2n) is 23.2. The average Bonchev–Trinajstić information content (AvgIpc) is 3.58. The molecular weight excluding hydrogens is 1040 g/mol. The van der Waals surface area contributed by atoms with Crippen LogP contribution in [-0.4, -0.2) is 99.6 Å². The topological polar surface area (TPSA) is 175 Å². The zero-order valence-corrected chi connectivity index (χ0v) is 53.0. The molecule has 0 radical (unpaired) electrons. The van der Waals surface area contributed by atoms with Gasteiger partial charge in [0.2, 0.25) is 5.91 Å². The molecule has 0 aromatic carbocycles. The van der Waals surface area contributed by atoms with Crippen LogP contribution in [0.3, 0.4) is 0 Å². The summed E-state index contributed by atoms with van der Waals surface area (Å²) in [4.78, 5) is 26.6. The number of hydrogen-bond donors (Lipinski definition) is 6. The number of aliphatic hydroxyl groups excluding tert-OH is 5. The zero-order valence-electron chi connectivity index (χ0n) is 53.0. The van der Waals surface area contributed by atoms with Crippen molar-refractivity contribution in [3.63, 3.8) is 0 Å². The van der Waals surface area contributed by atoms with Gasteiger partial charge in [0.15, 0.2) is 12.4 Å². The van der Waals surface area contributed by atoms with Crippen LogP contribution in [0.1, 0.15) is 284 Å². The van der Waals surface area contributed by atoms with Crippen LogP contribution in [0.15, 0.2) is 97.2 Å². The van der Waals surface area contributed by atoms with Gasteiger partial charge < -0.3 is 45.1 Å². The summed E-state index contributed by atoms with van der Waals surface area (Å²) < 4.78 is 17.6. The summed E-state index contributed by atoms with van der Waals surface area (Å²) in [6.45, 7) is 5.72. The predicted molar refractivity (Wildman–Crippen MR) is 347 cm³/mol. The lowest BCUT2D eigenvalue weighted by atomic mass is 9.99. The van der Waals surface area contributed by atoms with E-state index in [2.05, 4.69) is 105 Å². The summed E-state index contributed by atoms with van der Waals surface area (Å²) in [6.07, 6.45) is 68.7. The van der Waals surface area contributed by atoms with Gasteiger partial charge in [-0.15, -0.1) is 0 Å². The monoisotopic (exact) mass is 1160 g/mol. The summed E-state index contributed by atoms with van der Waals surface area (Å²) in [7, 11) is 0. The summed E-state index contributed by atoms with van der Waals surface area (Å²) in [6, 6.07) is -1.04. The molecule has 0 aromatic heterocycles. The van der Waals surface area contributed by atoms with Crippen molar-refractivity contribution in [1.82, 2.24) is 5.32 Å². The van der Waals surface area contributed by atoms with Gasteiger partial charge in [-0.1, -0.05) is 272 Å².